The van der Waals surface area contributed by atoms with Crippen LogP contribution in [0.2, 0.25) is 0 Å². The summed E-state index contributed by atoms with van der Waals surface area (Å²) in [5, 5.41) is 9.30. The fraction of sp³-hybridized carbons (Fsp3) is 0.857. The molecule has 0 radical (unpaired) electrons. The third-order valence-electron chi connectivity index (χ3n) is 4.53. The molecule has 1 aliphatic carbocycles. The van der Waals surface area contributed by atoms with Crippen LogP contribution >= 0.6 is 0 Å². The van der Waals surface area contributed by atoms with Crippen molar-refractivity contribution in [1.29, 1.82) is 0 Å². The van der Waals surface area contributed by atoms with Gasteiger partial charge in [-0.3, -0.25) is 4.79 Å². The number of amides is 1. The highest BCUT2D eigenvalue weighted by Crippen LogP contribution is 2.33. The summed E-state index contributed by atoms with van der Waals surface area (Å²) in [7, 11) is 0. The lowest BCUT2D eigenvalue weighted by Gasteiger charge is -2.37. The molecule has 108 valence electrons. The molecule has 1 saturated carbocycles. The first-order valence-electron chi connectivity index (χ1n) is 7.30. The lowest BCUT2D eigenvalue weighted by atomic mass is 9.88. The van der Waals surface area contributed by atoms with E-state index in [2.05, 4.69) is 6.92 Å². The van der Waals surface area contributed by atoms with Crippen LogP contribution in [0.1, 0.15) is 45.4 Å². The van der Waals surface area contributed by atoms with Gasteiger partial charge in [0.15, 0.2) is 0 Å². The van der Waals surface area contributed by atoms with Gasteiger partial charge in [-0.05, 0) is 37.5 Å². The second kappa shape index (κ2) is 5.90. The summed E-state index contributed by atoms with van der Waals surface area (Å²) in [6, 6.07) is -0.747. The van der Waals surface area contributed by atoms with Crippen molar-refractivity contribution in [3.8, 4) is 0 Å². The Kier molecular flexibility index (Phi) is 4.45. The number of carbonyl (C=O) groups excluding carboxylic acids is 1. The maximum atomic E-state index is 12.2. The van der Waals surface area contributed by atoms with Crippen LogP contribution in [0.25, 0.3) is 0 Å². The molecule has 0 bridgehead atoms. The number of carbonyl (C=O) groups is 2. The normalized spacial score (nSPS) is 29.1. The topological polar surface area (TPSA) is 83.6 Å². The van der Waals surface area contributed by atoms with Crippen LogP contribution in [-0.2, 0) is 9.59 Å². The predicted molar refractivity (Wildman–Crippen MR) is 71.5 cm³/mol. The van der Waals surface area contributed by atoms with Crippen LogP contribution < -0.4 is 5.73 Å². The fourth-order valence-corrected chi connectivity index (χ4v) is 2.95. The quantitative estimate of drug-likeness (QED) is 0.785. The van der Waals surface area contributed by atoms with Crippen molar-refractivity contribution < 1.29 is 14.7 Å². The SMILES string of the molecule is CCC1CCN(C(=O)CC(N)C2CC2)C(C(=O)O)C1. The summed E-state index contributed by atoms with van der Waals surface area (Å²) in [5.41, 5.74) is 5.97. The van der Waals surface area contributed by atoms with Crippen LogP contribution in [0.3, 0.4) is 0 Å². The highest BCUT2D eigenvalue weighted by Gasteiger charge is 2.37. The molecule has 5 nitrogen and oxygen atoms in total. The van der Waals surface area contributed by atoms with E-state index in [9.17, 15) is 14.7 Å². The highest BCUT2D eigenvalue weighted by atomic mass is 16.4. The third-order valence-corrected chi connectivity index (χ3v) is 4.53. The van der Waals surface area contributed by atoms with Gasteiger partial charge in [-0.1, -0.05) is 13.3 Å². The van der Waals surface area contributed by atoms with Crippen molar-refractivity contribution in [3.05, 3.63) is 0 Å². The second-order valence-corrected chi connectivity index (χ2v) is 5.95. The van der Waals surface area contributed by atoms with E-state index in [1.165, 1.54) is 4.90 Å². The number of carboxylic acid groups (broad SMARTS) is 1. The van der Waals surface area contributed by atoms with Gasteiger partial charge in [-0.15, -0.1) is 0 Å². The number of rotatable bonds is 5. The van der Waals surface area contributed by atoms with Crippen molar-refractivity contribution >= 4 is 11.9 Å². The molecule has 1 aliphatic heterocycles. The van der Waals surface area contributed by atoms with Gasteiger partial charge in [-0.2, -0.15) is 0 Å². The molecule has 3 unspecified atom stereocenters. The molecule has 1 amide bonds. The van der Waals surface area contributed by atoms with Crippen molar-refractivity contribution in [3.63, 3.8) is 0 Å². The van der Waals surface area contributed by atoms with Gasteiger partial charge in [0.1, 0.15) is 6.04 Å². The molecular weight excluding hydrogens is 244 g/mol. The zero-order valence-corrected chi connectivity index (χ0v) is 11.5. The largest absolute Gasteiger partial charge is 0.480 e. The zero-order valence-electron chi connectivity index (χ0n) is 11.5. The van der Waals surface area contributed by atoms with E-state index in [0.29, 0.717) is 31.2 Å². The van der Waals surface area contributed by atoms with Gasteiger partial charge < -0.3 is 15.7 Å². The summed E-state index contributed by atoms with van der Waals surface area (Å²) in [6.45, 7) is 2.63. The molecule has 2 fully saturated rings. The molecule has 0 spiro atoms. The minimum absolute atomic E-state index is 0.0821. The van der Waals surface area contributed by atoms with Gasteiger partial charge in [0.2, 0.25) is 5.91 Å². The summed E-state index contributed by atoms with van der Waals surface area (Å²) in [6.07, 6.45) is 4.98. The monoisotopic (exact) mass is 268 g/mol. The molecule has 1 saturated heterocycles. The Morgan fingerprint density at radius 3 is 2.58 bits per heavy atom. The predicted octanol–water partition coefficient (Wildman–Crippen LogP) is 1.22. The molecule has 3 atom stereocenters. The number of hydrogen-bond acceptors (Lipinski definition) is 3. The average Bonchev–Trinajstić information content (AvgIpc) is 3.22. The van der Waals surface area contributed by atoms with Crippen LogP contribution in [0.5, 0.6) is 0 Å². The van der Waals surface area contributed by atoms with Crippen LogP contribution in [0, 0.1) is 11.8 Å². The lowest BCUT2D eigenvalue weighted by Crippen LogP contribution is -2.51. The van der Waals surface area contributed by atoms with Crippen LogP contribution in [0.4, 0.5) is 0 Å². The van der Waals surface area contributed by atoms with Gasteiger partial charge in [0, 0.05) is 19.0 Å². The summed E-state index contributed by atoms with van der Waals surface area (Å²) < 4.78 is 0. The van der Waals surface area contributed by atoms with Crippen molar-refractivity contribution in [2.45, 2.75) is 57.5 Å². The summed E-state index contributed by atoms with van der Waals surface area (Å²) >= 11 is 0. The lowest BCUT2D eigenvalue weighted by molar-refractivity contribution is -0.153. The molecule has 0 aromatic heterocycles. The molecule has 1 heterocycles. The second-order valence-electron chi connectivity index (χ2n) is 5.95. The third kappa shape index (κ3) is 3.47. The number of nitrogens with two attached hydrogens (primary N) is 1. The fourth-order valence-electron chi connectivity index (χ4n) is 2.95. The Morgan fingerprint density at radius 1 is 1.37 bits per heavy atom. The van der Waals surface area contributed by atoms with E-state index in [0.717, 1.165) is 25.7 Å². The maximum absolute atomic E-state index is 12.2. The average molecular weight is 268 g/mol. The number of aliphatic carboxylic acids is 1. The molecule has 19 heavy (non-hydrogen) atoms. The molecule has 2 rings (SSSR count). The van der Waals surface area contributed by atoms with E-state index < -0.39 is 12.0 Å². The number of likely N-dealkylation sites (tertiary alicyclic amines) is 1. The first-order chi connectivity index (χ1) is 9.02. The summed E-state index contributed by atoms with van der Waals surface area (Å²) in [4.78, 5) is 25.1. The van der Waals surface area contributed by atoms with E-state index in [1.807, 2.05) is 0 Å². The van der Waals surface area contributed by atoms with Gasteiger partial charge in [0.05, 0.1) is 0 Å². The van der Waals surface area contributed by atoms with Crippen molar-refractivity contribution in [1.82, 2.24) is 4.90 Å². The first kappa shape index (κ1) is 14.3. The number of hydrogen-bond donors (Lipinski definition) is 2. The minimum atomic E-state index is -0.883. The Hall–Kier alpha value is -1.10. The van der Waals surface area contributed by atoms with E-state index in [4.69, 9.17) is 5.73 Å². The maximum Gasteiger partial charge on any atom is 0.326 e. The van der Waals surface area contributed by atoms with Crippen LogP contribution in [-0.4, -0.2) is 40.5 Å². The smallest absolute Gasteiger partial charge is 0.326 e. The standard InChI is InChI=1S/C14H24N2O3/c1-2-9-5-6-16(12(7-9)14(18)19)13(17)8-11(15)10-3-4-10/h9-12H,2-8,15H2,1H3,(H,18,19). The molecular formula is C14H24N2O3. The van der Waals surface area contributed by atoms with Gasteiger partial charge in [0.25, 0.3) is 0 Å². The molecule has 5 heteroatoms. The Morgan fingerprint density at radius 2 is 2.05 bits per heavy atom. The minimum Gasteiger partial charge on any atom is -0.480 e. The number of nitrogens with zero attached hydrogens (tertiary/aromatic N) is 1. The van der Waals surface area contributed by atoms with E-state index >= 15 is 0 Å². The van der Waals surface area contributed by atoms with E-state index in [1.54, 1.807) is 0 Å². The molecule has 2 aliphatic rings. The Bertz CT molecular complexity index is 355. The zero-order chi connectivity index (χ0) is 14.0. The van der Waals surface area contributed by atoms with Gasteiger partial charge in [-0.25, -0.2) is 4.79 Å². The number of carboxylic acids is 1. The van der Waals surface area contributed by atoms with Crippen LogP contribution in [0.15, 0.2) is 0 Å². The summed E-state index contributed by atoms with van der Waals surface area (Å²) in [5.74, 6) is -0.0736. The van der Waals surface area contributed by atoms with Gasteiger partial charge >= 0.3 is 5.97 Å². The Balaban J connectivity index is 1.95. The van der Waals surface area contributed by atoms with Crippen molar-refractivity contribution in [2.75, 3.05) is 6.54 Å². The van der Waals surface area contributed by atoms with Crippen molar-refractivity contribution in [2.24, 2.45) is 17.6 Å². The Labute approximate surface area is 114 Å². The molecule has 0 aromatic carbocycles. The molecule has 3 N–H and O–H groups in total. The van der Waals surface area contributed by atoms with E-state index in [-0.39, 0.29) is 11.9 Å². The first-order valence-corrected chi connectivity index (χ1v) is 7.30. The number of piperidine rings is 1. The highest BCUT2D eigenvalue weighted by molar-refractivity contribution is 5.84. The molecule has 0 aromatic rings.